The second kappa shape index (κ2) is 9.13. The zero-order chi connectivity index (χ0) is 22.7. The van der Waals surface area contributed by atoms with Crippen LogP contribution in [0.25, 0.3) is 5.69 Å². The van der Waals surface area contributed by atoms with E-state index in [2.05, 4.69) is 15.2 Å². The number of halogens is 1. The molecular weight excluding hydrogens is 415 g/mol. The molecule has 0 saturated carbocycles. The van der Waals surface area contributed by atoms with Crippen LogP contribution >= 0.6 is 0 Å². The van der Waals surface area contributed by atoms with Gasteiger partial charge in [0.05, 0.1) is 42.9 Å². The number of amides is 1. The zero-order valence-electron chi connectivity index (χ0n) is 17.7. The molecule has 2 aromatic heterocycles. The molecule has 2 unspecified atom stereocenters. The van der Waals surface area contributed by atoms with Crippen LogP contribution in [-0.2, 0) is 4.74 Å². The van der Waals surface area contributed by atoms with E-state index in [1.54, 1.807) is 35.5 Å². The normalized spacial score (nSPS) is 18.3. The quantitative estimate of drug-likeness (QED) is 0.485. The Kier molecular flexibility index (Phi) is 6.11. The summed E-state index contributed by atoms with van der Waals surface area (Å²) >= 11 is 0. The van der Waals surface area contributed by atoms with Gasteiger partial charge in [-0.3, -0.25) is 10.2 Å². The molecule has 1 saturated heterocycles. The number of nitrogens with one attached hydrogen (secondary N) is 1. The lowest BCUT2D eigenvalue weighted by Crippen LogP contribution is -2.49. The van der Waals surface area contributed by atoms with Crippen molar-refractivity contribution >= 4 is 11.8 Å². The van der Waals surface area contributed by atoms with Crippen LogP contribution in [0.15, 0.2) is 48.9 Å². The predicted octanol–water partition coefficient (Wildman–Crippen LogP) is 2.85. The van der Waals surface area contributed by atoms with Crippen LogP contribution in [0.2, 0.25) is 0 Å². The molecule has 1 aliphatic heterocycles. The SMILES string of the molecule is COC(=N)c1ccnc(OC2CCC(C)N(C(=O)c3ccccc3-n3nccn3)C2)c1F. The lowest BCUT2D eigenvalue weighted by atomic mass is 9.99. The van der Waals surface area contributed by atoms with E-state index in [1.165, 1.54) is 24.2 Å². The third kappa shape index (κ3) is 4.16. The molecule has 3 aromatic rings. The van der Waals surface area contributed by atoms with Crippen LogP contribution < -0.4 is 4.74 Å². The summed E-state index contributed by atoms with van der Waals surface area (Å²) in [6.07, 6.45) is 5.34. The van der Waals surface area contributed by atoms with Crippen molar-refractivity contribution in [2.75, 3.05) is 13.7 Å². The van der Waals surface area contributed by atoms with E-state index in [4.69, 9.17) is 14.9 Å². The van der Waals surface area contributed by atoms with Crippen LogP contribution in [0.1, 0.15) is 35.7 Å². The van der Waals surface area contributed by atoms with Crippen LogP contribution in [0, 0.1) is 11.2 Å². The number of hydrogen-bond donors (Lipinski definition) is 1. The van der Waals surface area contributed by atoms with Gasteiger partial charge in [0.1, 0.15) is 6.10 Å². The average molecular weight is 438 g/mol. The maximum absolute atomic E-state index is 14.8. The second-order valence-corrected chi connectivity index (χ2v) is 7.47. The monoisotopic (exact) mass is 438 g/mol. The van der Waals surface area contributed by atoms with Crippen LogP contribution in [0.5, 0.6) is 5.88 Å². The maximum atomic E-state index is 14.8. The molecule has 0 aliphatic carbocycles. The highest BCUT2D eigenvalue weighted by molar-refractivity contribution is 5.98. The fourth-order valence-electron chi connectivity index (χ4n) is 3.73. The smallest absolute Gasteiger partial charge is 0.256 e. The molecule has 2 atom stereocenters. The summed E-state index contributed by atoms with van der Waals surface area (Å²) in [5.41, 5.74) is 1.02. The Morgan fingerprint density at radius 2 is 1.88 bits per heavy atom. The van der Waals surface area contributed by atoms with E-state index < -0.39 is 11.9 Å². The molecule has 1 amide bonds. The van der Waals surface area contributed by atoms with E-state index in [9.17, 15) is 9.18 Å². The Hall–Kier alpha value is -3.82. The van der Waals surface area contributed by atoms with Gasteiger partial charge in [-0.2, -0.15) is 15.0 Å². The summed E-state index contributed by atoms with van der Waals surface area (Å²) in [5.74, 6) is -1.46. The van der Waals surface area contributed by atoms with Gasteiger partial charge < -0.3 is 14.4 Å². The minimum atomic E-state index is -0.758. The number of rotatable bonds is 5. The molecule has 1 aliphatic rings. The summed E-state index contributed by atoms with van der Waals surface area (Å²) in [6.45, 7) is 2.25. The molecule has 32 heavy (non-hydrogen) atoms. The second-order valence-electron chi connectivity index (χ2n) is 7.47. The van der Waals surface area contributed by atoms with Crippen molar-refractivity contribution in [2.24, 2.45) is 0 Å². The Labute approximate surface area is 184 Å². The zero-order valence-corrected chi connectivity index (χ0v) is 17.7. The fourth-order valence-corrected chi connectivity index (χ4v) is 3.73. The summed E-state index contributed by atoms with van der Waals surface area (Å²) in [7, 11) is 1.30. The Morgan fingerprint density at radius 1 is 1.12 bits per heavy atom. The predicted molar refractivity (Wildman–Crippen MR) is 114 cm³/mol. The molecular formula is C22H23FN6O3. The van der Waals surface area contributed by atoms with Crippen molar-refractivity contribution in [1.82, 2.24) is 24.9 Å². The largest absolute Gasteiger partial charge is 0.481 e. The Balaban J connectivity index is 1.55. The first kappa shape index (κ1) is 21.4. The molecule has 3 heterocycles. The van der Waals surface area contributed by atoms with Gasteiger partial charge in [0.2, 0.25) is 5.90 Å². The molecule has 0 spiro atoms. The molecule has 9 nitrogen and oxygen atoms in total. The highest BCUT2D eigenvalue weighted by Gasteiger charge is 2.33. The third-order valence-electron chi connectivity index (χ3n) is 5.45. The molecule has 1 fully saturated rings. The van der Waals surface area contributed by atoms with E-state index in [1.807, 2.05) is 13.0 Å². The van der Waals surface area contributed by atoms with Crippen LogP contribution in [0.3, 0.4) is 0 Å². The average Bonchev–Trinajstić information content (AvgIpc) is 3.35. The number of para-hydroxylation sites is 1. The summed E-state index contributed by atoms with van der Waals surface area (Å²) in [4.78, 5) is 20.5. The van der Waals surface area contributed by atoms with E-state index in [0.717, 1.165) is 0 Å². The van der Waals surface area contributed by atoms with E-state index >= 15 is 0 Å². The first-order valence-electron chi connectivity index (χ1n) is 10.2. The number of carbonyl (C=O) groups excluding carboxylic acids is 1. The van der Waals surface area contributed by atoms with Gasteiger partial charge in [0.15, 0.2) is 5.82 Å². The first-order chi connectivity index (χ1) is 15.5. The van der Waals surface area contributed by atoms with Crippen molar-refractivity contribution in [2.45, 2.75) is 31.9 Å². The Morgan fingerprint density at radius 3 is 2.62 bits per heavy atom. The number of methoxy groups -OCH3 is 1. The molecule has 166 valence electrons. The number of benzene rings is 1. The first-order valence-corrected chi connectivity index (χ1v) is 10.2. The van der Waals surface area contributed by atoms with Gasteiger partial charge in [0.25, 0.3) is 11.8 Å². The number of nitrogens with zero attached hydrogens (tertiary/aromatic N) is 5. The lowest BCUT2D eigenvalue weighted by Gasteiger charge is -2.38. The minimum absolute atomic E-state index is 0.0215. The molecule has 0 radical (unpaired) electrons. The van der Waals surface area contributed by atoms with E-state index in [0.29, 0.717) is 24.1 Å². The number of aromatic nitrogens is 4. The van der Waals surface area contributed by atoms with Gasteiger partial charge in [-0.1, -0.05) is 12.1 Å². The van der Waals surface area contributed by atoms with E-state index in [-0.39, 0.29) is 35.8 Å². The van der Waals surface area contributed by atoms with Crippen LogP contribution in [0.4, 0.5) is 4.39 Å². The van der Waals surface area contributed by atoms with Crippen LogP contribution in [-0.4, -0.2) is 62.5 Å². The highest BCUT2D eigenvalue weighted by Crippen LogP contribution is 2.26. The standard InChI is InChI=1S/C22H23FN6O3/c1-14-7-8-15(32-21-19(23)17(9-10-25-21)20(24)31-2)13-28(14)22(30)16-5-3-4-6-18(16)29-26-11-12-27-29/h3-6,9-12,14-15,24H,7-8,13H2,1-2H3. The molecule has 10 heteroatoms. The Bertz CT molecular complexity index is 1120. The van der Waals surface area contributed by atoms with Crippen molar-refractivity contribution < 1.29 is 18.7 Å². The maximum Gasteiger partial charge on any atom is 0.256 e. The van der Waals surface area contributed by atoms with Gasteiger partial charge in [-0.05, 0) is 38.0 Å². The number of pyridine rings is 1. The highest BCUT2D eigenvalue weighted by atomic mass is 19.1. The topological polar surface area (TPSA) is 106 Å². The third-order valence-corrected chi connectivity index (χ3v) is 5.45. The van der Waals surface area contributed by atoms with Gasteiger partial charge in [-0.15, -0.1) is 0 Å². The lowest BCUT2D eigenvalue weighted by molar-refractivity contribution is 0.0362. The molecule has 0 bridgehead atoms. The summed E-state index contributed by atoms with van der Waals surface area (Å²) in [6, 6.07) is 8.46. The van der Waals surface area contributed by atoms with Crippen molar-refractivity contribution in [3.63, 3.8) is 0 Å². The molecule has 4 rings (SSSR count). The number of piperidine rings is 1. The minimum Gasteiger partial charge on any atom is -0.481 e. The van der Waals surface area contributed by atoms with Gasteiger partial charge in [0, 0.05) is 12.2 Å². The van der Waals surface area contributed by atoms with Crippen molar-refractivity contribution in [1.29, 1.82) is 5.41 Å². The van der Waals surface area contributed by atoms with Gasteiger partial charge >= 0.3 is 0 Å². The van der Waals surface area contributed by atoms with Crippen molar-refractivity contribution in [3.8, 4) is 11.6 Å². The number of ether oxygens (including phenoxy) is 2. The summed E-state index contributed by atoms with van der Waals surface area (Å²) in [5, 5.41) is 16.0. The summed E-state index contributed by atoms with van der Waals surface area (Å²) < 4.78 is 25.4. The number of likely N-dealkylation sites (tertiary alicyclic amines) is 1. The number of carbonyl (C=O) groups is 1. The molecule has 1 N–H and O–H groups in total. The van der Waals surface area contributed by atoms with Crippen molar-refractivity contribution in [3.05, 3.63) is 65.9 Å². The number of hydrogen-bond acceptors (Lipinski definition) is 7. The van der Waals surface area contributed by atoms with Gasteiger partial charge in [-0.25, -0.2) is 9.37 Å². The molecule has 1 aromatic carbocycles. The fraction of sp³-hybridized carbons (Fsp3) is 0.318.